The van der Waals surface area contributed by atoms with Crippen LogP contribution in [0, 0.1) is 20.8 Å². The second-order valence-electron chi connectivity index (χ2n) is 22.1. The van der Waals surface area contributed by atoms with E-state index >= 15 is 0 Å². The maximum absolute atomic E-state index is 7.39. The average Bonchev–Trinajstić information content (AvgIpc) is 3.88. The van der Waals surface area contributed by atoms with Gasteiger partial charge in [0.1, 0.15) is 5.58 Å². The maximum atomic E-state index is 7.39. The lowest BCUT2D eigenvalue weighted by Crippen LogP contribution is -2.61. The Kier molecular flexibility index (Phi) is 9.53. The molecule has 0 spiro atoms. The average molecular weight is 879 g/mol. The van der Waals surface area contributed by atoms with E-state index in [-0.39, 0.29) is 23.0 Å². The predicted octanol–water partition coefficient (Wildman–Crippen LogP) is 15.9. The highest BCUT2D eigenvalue weighted by Crippen LogP contribution is 2.51. The van der Waals surface area contributed by atoms with Gasteiger partial charge in [0.25, 0.3) is 6.71 Å². The summed E-state index contributed by atoms with van der Waals surface area (Å²) in [5, 5.41) is 4.77. The van der Waals surface area contributed by atoms with E-state index in [1.54, 1.807) is 0 Å². The molecule has 66 heavy (non-hydrogen) atoms. The minimum atomic E-state index is -0.157. The van der Waals surface area contributed by atoms with Crippen molar-refractivity contribution in [3.8, 4) is 22.3 Å². The Balaban J connectivity index is 1.27. The highest BCUT2D eigenvalue weighted by atomic mass is 32.1. The van der Waals surface area contributed by atoms with Crippen molar-refractivity contribution >= 4 is 89.8 Å². The third-order valence-corrected chi connectivity index (χ3v) is 15.2. The summed E-state index contributed by atoms with van der Waals surface area (Å²) >= 11 is 1.82. The first kappa shape index (κ1) is 42.3. The second kappa shape index (κ2) is 14.9. The van der Waals surface area contributed by atoms with Crippen LogP contribution in [0.25, 0.3) is 43.3 Å². The molecule has 0 fully saturated rings. The smallest absolute Gasteiger partial charge is 0.297 e. The van der Waals surface area contributed by atoms with Crippen molar-refractivity contribution in [2.45, 2.75) is 99.3 Å². The van der Waals surface area contributed by atoms with Gasteiger partial charge in [-0.2, -0.15) is 0 Å². The van der Waals surface area contributed by atoms with Gasteiger partial charge in [0.15, 0.2) is 0 Å². The molecule has 0 bridgehead atoms. The van der Waals surface area contributed by atoms with E-state index in [2.05, 4.69) is 232 Å². The van der Waals surface area contributed by atoms with Crippen LogP contribution >= 0.6 is 11.3 Å². The van der Waals surface area contributed by atoms with Crippen molar-refractivity contribution < 1.29 is 4.42 Å². The van der Waals surface area contributed by atoms with E-state index in [1.165, 1.54) is 99.4 Å². The van der Waals surface area contributed by atoms with Gasteiger partial charge >= 0.3 is 0 Å². The highest BCUT2D eigenvalue weighted by Gasteiger charge is 2.48. The van der Waals surface area contributed by atoms with Crippen LogP contribution in [0.2, 0.25) is 0 Å². The Bertz CT molecular complexity index is 3400. The normalized spacial score (nSPS) is 13.7. The fourth-order valence-electron chi connectivity index (χ4n) is 10.7. The van der Waals surface area contributed by atoms with Gasteiger partial charge < -0.3 is 14.2 Å². The molecule has 4 heterocycles. The van der Waals surface area contributed by atoms with Crippen molar-refractivity contribution in [3.63, 3.8) is 0 Å². The van der Waals surface area contributed by atoms with Gasteiger partial charge in [-0.3, -0.25) is 0 Å². The predicted molar refractivity (Wildman–Crippen MR) is 287 cm³/mol. The summed E-state index contributed by atoms with van der Waals surface area (Å²) in [5.74, 6) is 0. The molecule has 2 aliphatic heterocycles. The van der Waals surface area contributed by atoms with Crippen molar-refractivity contribution in [1.29, 1.82) is 0 Å². The van der Waals surface area contributed by atoms with Gasteiger partial charge in [-0.1, -0.05) is 147 Å². The minimum absolute atomic E-state index is 0.00994. The lowest BCUT2D eigenvalue weighted by Gasteiger charge is -2.44. The molecule has 328 valence electrons. The number of anilines is 6. The van der Waals surface area contributed by atoms with Crippen molar-refractivity contribution in [1.82, 2.24) is 0 Å². The zero-order valence-corrected chi connectivity index (χ0v) is 41.4. The quantitative estimate of drug-likeness (QED) is 0.164. The summed E-state index contributed by atoms with van der Waals surface area (Å²) in [4.78, 5) is 5.18. The second-order valence-corrected chi connectivity index (χ2v) is 23.0. The molecule has 0 radical (unpaired) electrons. The highest BCUT2D eigenvalue weighted by molar-refractivity contribution is 7.17. The molecule has 0 aliphatic carbocycles. The topological polar surface area (TPSA) is 19.6 Å². The number of thiophene rings is 1. The summed E-state index contributed by atoms with van der Waals surface area (Å²) in [5.41, 5.74) is 24.0. The number of hydrogen-bond donors (Lipinski definition) is 0. The van der Waals surface area contributed by atoms with Crippen LogP contribution in [0.5, 0.6) is 0 Å². The molecule has 0 N–H and O–H groups in total. The summed E-state index contributed by atoms with van der Waals surface area (Å²) in [6.07, 6.45) is 0. The zero-order valence-electron chi connectivity index (χ0n) is 40.6. The van der Waals surface area contributed by atoms with Crippen LogP contribution in [0.15, 0.2) is 143 Å². The van der Waals surface area contributed by atoms with Crippen LogP contribution in [-0.4, -0.2) is 6.71 Å². The fourth-order valence-corrected chi connectivity index (χ4v) is 11.7. The van der Waals surface area contributed by atoms with Crippen molar-refractivity contribution in [2.75, 3.05) is 9.80 Å². The molecule has 0 atom stereocenters. The number of furan rings is 1. The fraction of sp³-hybridized carbons (Fsp3) is 0.246. The first-order chi connectivity index (χ1) is 31.4. The van der Waals surface area contributed by atoms with E-state index in [9.17, 15) is 0 Å². The molecule has 9 aromatic rings. The lowest BCUT2D eigenvalue weighted by molar-refractivity contribution is 0.589. The van der Waals surface area contributed by atoms with Crippen molar-refractivity contribution in [3.05, 3.63) is 172 Å². The molecule has 2 aromatic heterocycles. The Morgan fingerprint density at radius 2 is 1.12 bits per heavy atom. The van der Waals surface area contributed by atoms with Crippen LogP contribution in [0.1, 0.15) is 95.7 Å². The number of hydrogen-bond acceptors (Lipinski definition) is 4. The molecule has 11 rings (SSSR count). The number of nitrogens with zero attached hydrogens (tertiary/aromatic N) is 2. The number of benzene rings is 7. The molecular formula is C61H59BN2OS. The molecule has 2 aliphatic rings. The molecule has 5 heteroatoms. The third-order valence-electron chi connectivity index (χ3n) is 14.2. The molecular weight excluding hydrogens is 820 g/mol. The SMILES string of the molecule is Cc1cc2c3c(c1)N(c1c(C)cc(C(C)(C)C)cc1C)c1c(oc4ccc(C(C)(C)C)cc14)B3c1ccc(-c3csc4ccccc34)cc1N2c1ccc(C(C)(C)C)cc1-c1ccccc1. The van der Waals surface area contributed by atoms with E-state index in [1.807, 2.05) is 11.3 Å². The molecule has 0 amide bonds. The minimum Gasteiger partial charge on any atom is -0.468 e. The van der Waals surface area contributed by atoms with E-state index in [0.717, 1.165) is 28.0 Å². The van der Waals surface area contributed by atoms with Gasteiger partial charge in [-0.15, -0.1) is 11.3 Å². The van der Waals surface area contributed by atoms with E-state index < -0.39 is 0 Å². The van der Waals surface area contributed by atoms with Crippen LogP contribution < -0.4 is 26.4 Å². The molecule has 3 nitrogen and oxygen atoms in total. The van der Waals surface area contributed by atoms with Gasteiger partial charge in [-0.05, 0) is 146 Å². The zero-order chi connectivity index (χ0) is 46.2. The van der Waals surface area contributed by atoms with Crippen LogP contribution in [0.3, 0.4) is 0 Å². The molecule has 0 saturated heterocycles. The van der Waals surface area contributed by atoms with E-state index in [0.29, 0.717) is 0 Å². The van der Waals surface area contributed by atoms with Gasteiger partial charge in [0, 0.05) is 43.7 Å². The standard InChI is InChI=1S/C61H59BN2OS/c1-36-28-51-55-52(29-36)64(56-37(2)30-43(31-38(56)3)61(10,11)12)57-46-34-42(60(7,8)9)24-27-53(46)65-58(57)62(55)48-25-22-40(47-35-66-54-21-17-16-20-44(47)54)32-50(48)63(51)49-26-23-41(59(4,5)6)33-45(49)39-18-14-13-15-19-39/h13-35H,1-12H3. The van der Waals surface area contributed by atoms with Gasteiger partial charge in [-0.25, -0.2) is 0 Å². The van der Waals surface area contributed by atoms with Crippen molar-refractivity contribution in [2.24, 2.45) is 0 Å². The monoisotopic (exact) mass is 878 g/mol. The Morgan fingerprint density at radius 1 is 0.485 bits per heavy atom. The first-order valence-corrected chi connectivity index (χ1v) is 24.5. The molecule has 0 saturated carbocycles. The summed E-state index contributed by atoms with van der Waals surface area (Å²) in [7, 11) is 0. The summed E-state index contributed by atoms with van der Waals surface area (Å²) in [6, 6.07) is 50.8. The van der Waals surface area contributed by atoms with Crippen LogP contribution in [-0.2, 0) is 16.2 Å². The third kappa shape index (κ3) is 6.68. The Morgan fingerprint density at radius 3 is 1.82 bits per heavy atom. The van der Waals surface area contributed by atoms with E-state index in [4.69, 9.17) is 4.42 Å². The maximum Gasteiger partial charge on any atom is 0.297 e. The number of aryl methyl sites for hydroxylation is 3. The first-order valence-electron chi connectivity index (χ1n) is 23.6. The Hall–Kier alpha value is -6.30. The number of rotatable bonds is 4. The van der Waals surface area contributed by atoms with Gasteiger partial charge in [0.05, 0.1) is 22.7 Å². The largest absolute Gasteiger partial charge is 0.468 e. The van der Waals surface area contributed by atoms with Gasteiger partial charge in [0.2, 0.25) is 0 Å². The van der Waals surface area contributed by atoms with Crippen LogP contribution in [0.4, 0.5) is 34.1 Å². The Labute approximate surface area is 395 Å². The molecule has 7 aromatic carbocycles. The summed E-state index contributed by atoms with van der Waals surface area (Å²) < 4.78 is 8.69. The molecule has 0 unspecified atom stereocenters. The lowest BCUT2D eigenvalue weighted by atomic mass is 9.35. The number of fused-ring (bicyclic) bond motifs is 7. The summed E-state index contributed by atoms with van der Waals surface area (Å²) in [6.45, 7) is 27.5.